The number of hydrogen-bond acceptors (Lipinski definition) is 9. The molecule has 9 nitrogen and oxygen atoms in total. The van der Waals surface area contributed by atoms with Crippen LogP contribution >= 0.6 is 0 Å². The monoisotopic (exact) mass is 585 g/mol. The minimum absolute atomic E-state index is 0.0227. The molecule has 0 radical (unpaired) electrons. The van der Waals surface area contributed by atoms with E-state index in [1.54, 1.807) is 21.3 Å². The second-order valence-corrected chi connectivity index (χ2v) is 13.7. The van der Waals surface area contributed by atoms with Crippen molar-refractivity contribution in [1.29, 1.82) is 0 Å². The molecule has 240 valence electrons. The number of carbonyl (C=O) groups is 1. The van der Waals surface area contributed by atoms with Gasteiger partial charge in [-0.15, -0.1) is 0 Å². The normalized spacial score (nSPS) is 48.5. The highest BCUT2D eigenvalue weighted by Crippen LogP contribution is 2.42. The molecule has 2 aliphatic heterocycles. The molecule has 0 spiro atoms. The molecule has 0 bridgehead atoms. The average molecular weight is 586 g/mol. The summed E-state index contributed by atoms with van der Waals surface area (Å²) < 4.78 is 24.1. The quantitative estimate of drug-likeness (QED) is 0.410. The van der Waals surface area contributed by atoms with Crippen LogP contribution in [0.5, 0.6) is 0 Å². The number of carbonyl (C=O) groups excluding carboxylic acids is 1. The van der Waals surface area contributed by atoms with Gasteiger partial charge in [0.1, 0.15) is 17.8 Å². The summed E-state index contributed by atoms with van der Waals surface area (Å²) in [5.74, 6) is -1.51. The van der Waals surface area contributed by atoms with E-state index in [0.717, 1.165) is 5.71 Å². The summed E-state index contributed by atoms with van der Waals surface area (Å²) in [6, 6.07) is 0. The molecular weight excluding hydrogens is 526 g/mol. The van der Waals surface area contributed by atoms with Crippen LogP contribution < -0.4 is 0 Å². The minimum atomic E-state index is -1.69. The first-order valence-electron chi connectivity index (χ1n) is 15.4. The first-order chi connectivity index (χ1) is 18.9. The Labute approximate surface area is 248 Å². The van der Waals surface area contributed by atoms with Gasteiger partial charge in [0.15, 0.2) is 0 Å². The van der Waals surface area contributed by atoms with Gasteiger partial charge in [0.05, 0.1) is 35.4 Å². The maximum Gasteiger partial charge on any atom is 0.309 e. The Morgan fingerprint density at radius 2 is 1.56 bits per heavy atom. The van der Waals surface area contributed by atoms with E-state index in [9.17, 15) is 20.1 Å². The third-order valence-corrected chi connectivity index (χ3v) is 10.4. The van der Waals surface area contributed by atoms with Gasteiger partial charge in [-0.05, 0) is 71.1 Å². The third-order valence-electron chi connectivity index (χ3n) is 10.4. The highest BCUT2D eigenvalue weighted by Gasteiger charge is 2.49. The second-order valence-electron chi connectivity index (χ2n) is 13.7. The summed E-state index contributed by atoms with van der Waals surface area (Å²) in [7, 11) is 5.03. The van der Waals surface area contributed by atoms with E-state index in [2.05, 4.69) is 25.8 Å². The van der Waals surface area contributed by atoms with E-state index in [0.29, 0.717) is 32.1 Å². The molecule has 2 unspecified atom stereocenters. The van der Waals surface area contributed by atoms with Crippen molar-refractivity contribution in [2.24, 2.45) is 34.6 Å². The fourth-order valence-electron chi connectivity index (χ4n) is 7.68. The summed E-state index contributed by atoms with van der Waals surface area (Å²) in [5.41, 5.74) is -2.19. The number of ether oxygens (including phenoxy) is 4. The van der Waals surface area contributed by atoms with Crippen molar-refractivity contribution in [3.63, 3.8) is 0 Å². The van der Waals surface area contributed by atoms with Crippen LogP contribution in [0.1, 0.15) is 94.4 Å². The zero-order valence-electron chi connectivity index (χ0n) is 27.6. The Bertz CT molecular complexity index is 895. The Morgan fingerprint density at radius 1 is 0.951 bits per heavy atom. The van der Waals surface area contributed by atoms with Crippen molar-refractivity contribution in [3.8, 4) is 0 Å². The molecule has 41 heavy (non-hydrogen) atoms. The number of nitrogens with zero attached hydrogens (tertiary/aromatic N) is 1. The molecule has 0 aromatic heterocycles. The van der Waals surface area contributed by atoms with E-state index < -0.39 is 59.0 Å². The Morgan fingerprint density at radius 3 is 2.07 bits per heavy atom. The van der Waals surface area contributed by atoms with Crippen molar-refractivity contribution in [3.05, 3.63) is 0 Å². The van der Waals surface area contributed by atoms with Gasteiger partial charge in [0.2, 0.25) is 0 Å². The number of esters is 1. The molecule has 0 saturated carbocycles. The maximum atomic E-state index is 13.8. The molecule has 2 heterocycles. The van der Waals surface area contributed by atoms with Gasteiger partial charge in [-0.1, -0.05) is 34.6 Å². The molecular formula is C32H59NO8. The van der Waals surface area contributed by atoms with Crippen LogP contribution in [0, 0.1) is 29.6 Å². The van der Waals surface area contributed by atoms with Gasteiger partial charge in [0.25, 0.3) is 0 Å². The standard InChI is InChI=1S/C32H59NO8/c1-13-25-32(9,37)27(34)21(5)26(33-10)19(3)16-30(7,38-11)15-18(2)24(20(4)29(36)41-25)14-23-17-31(8,39-12)28(35)22(6)40-23/h18-25,27-28,34-35,37H,13-17H2,1-12H3/t18-,19-,20-,21+,22?,23+,24+,25-,27?,28+,30+,31-,32-/m1/s1. The number of aliphatic imine (C=N–C) groups is 1. The topological polar surface area (TPSA) is 127 Å². The van der Waals surface area contributed by atoms with Crippen LogP contribution in [0.3, 0.4) is 0 Å². The summed E-state index contributed by atoms with van der Waals surface area (Å²) >= 11 is 0. The SMILES string of the molecule is CC[C@H]1OC(=O)[C@H](C)[C@@H](C[C@H]2C[C@@](C)(OC)[C@@H](O)C(C)O2)[C@H](C)C[C@](C)(OC)C[C@@H](C)C(=NC)[C@H](C)C(O)[C@]1(C)O. The Balaban J connectivity index is 2.55. The van der Waals surface area contributed by atoms with Gasteiger partial charge in [-0.3, -0.25) is 9.79 Å². The van der Waals surface area contributed by atoms with Crippen LogP contribution in [0.25, 0.3) is 0 Å². The maximum absolute atomic E-state index is 13.8. The van der Waals surface area contributed by atoms with Gasteiger partial charge >= 0.3 is 5.97 Å². The lowest BCUT2D eigenvalue weighted by Crippen LogP contribution is -2.57. The van der Waals surface area contributed by atoms with E-state index in [4.69, 9.17) is 18.9 Å². The number of aliphatic hydroxyl groups is 3. The fourth-order valence-corrected chi connectivity index (χ4v) is 7.68. The molecule has 13 atom stereocenters. The summed E-state index contributed by atoms with van der Waals surface area (Å²) in [6.07, 6.45) is -0.765. The largest absolute Gasteiger partial charge is 0.459 e. The molecule has 0 aromatic carbocycles. The molecule has 2 saturated heterocycles. The number of cyclic esters (lactones) is 1. The summed E-state index contributed by atoms with van der Waals surface area (Å²) in [4.78, 5) is 18.3. The first-order valence-corrected chi connectivity index (χ1v) is 15.4. The lowest BCUT2D eigenvalue weighted by molar-refractivity contribution is -0.219. The van der Waals surface area contributed by atoms with Crippen LogP contribution in [0.4, 0.5) is 0 Å². The molecule has 3 N–H and O–H groups in total. The predicted octanol–water partition coefficient (Wildman–Crippen LogP) is 4.18. The van der Waals surface area contributed by atoms with E-state index in [1.165, 1.54) is 6.92 Å². The number of aliphatic hydroxyl groups excluding tert-OH is 2. The van der Waals surface area contributed by atoms with Crippen LogP contribution in [0.15, 0.2) is 4.99 Å². The second kappa shape index (κ2) is 14.1. The Hall–Kier alpha value is -1.10. The Kier molecular flexibility index (Phi) is 12.4. The van der Waals surface area contributed by atoms with Gasteiger partial charge in [-0.25, -0.2) is 0 Å². The number of hydrogen-bond donors (Lipinski definition) is 3. The predicted molar refractivity (Wildman–Crippen MR) is 160 cm³/mol. The number of methoxy groups -OCH3 is 2. The zero-order chi connectivity index (χ0) is 31.5. The number of rotatable bonds is 5. The van der Waals surface area contributed by atoms with E-state index in [1.807, 2.05) is 34.6 Å². The summed E-state index contributed by atoms with van der Waals surface area (Å²) in [5, 5.41) is 33.7. The lowest BCUT2D eigenvalue weighted by atomic mass is 9.71. The molecule has 9 heteroatoms. The highest BCUT2D eigenvalue weighted by molar-refractivity contribution is 5.89. The van der Waals surface area contributed by atoms with Crippen LogP contribution in [0.2, 0.25) is 0 Å². The van der Waals surface area contributed by atoms with Gasteiger partial charge < -0.3 is 34.3 Å². The average Bonchev–Trinajstić information content (AvgIpc) is 2.91. The van der Waals surface area contributed by atoms with Crippen molar-refractivity contribution in [2.75, 3.05) is 21.3 Å². The van der Waals surface area contributed by atoms with E-state index >= 15 is 0 Å². The fraction of sp³-hybridized carbons (Fsp3) is 0.938. The van der Waals surface area contributed by atoms with Crippen LogP contribution in [-0.4, -0.2) is 95.6 Å². The van der Waals surface area contributed by atoms with Crippen molar-refractivity contribution in [2.45, 2.75) is 142 Å². The lowest BCUT2D eigenvalue weighted by Gasteiger charge is -2.46. The zero-order valence-corrected chi connectivity index (χ0v) is 27.6. The van der Waals surface area contributed by atoms with Gasteiger partial charge in [0, 0.05) is 39.3 Å². The first kappa shape index (κ1) is 36.1. The highest BCUT2D eigenvalue weighted by atomic mass is 16.6. The van der Waals surface area contributed by atoms with Crippen molar-refractivity contribution in [1.82, 2.24) is 0 Å². The minimum Gasteiger partial charge on any atom is -0.459 e. The van der Waals surface area contributed by atoms with Crippen molar-refractivity contribution < 1.29 is 39.1 Å². The van der Waals surface area contributed by atoms with E-state index in [-0.39, 0.29) is 23.9 Å². The molecule has 0 aromatic rings. The molecule has 0 amide bonds. The smallest absolute Gasteiger partial charge is 0.309 e. The molecule has 2 fully saturated rings. The van der Waals surface area contributed by atoms with Gasteiger partial charge in [-0.2, -0.15) is 0 Å². The molecule has 2 aliphatic rings. The van der Waals surface area contributed by atoms with Crippen LogP contribution in [-0.2, 0) is 23.7 Å². The van der Waals surface area contributed by atoms with Crippen molar-refractivity contribution >= 4 is 11.7 Å². The molecule has 0 aliphatic carbocycles. The third kappa shape index (κ3) is 7.90. The summed E-state index contributed by atoms with van der Waals surface area (Å²) in [6.45, 7) is 17.2. The molecule has 2 rings (SSSR count).